The molecule has 3 rings (SSSR count). The van der Waals surface area contributed by atoms with Crippen molar-refractivity contribution in [2.45, 2.75) is 13.5 Å². The molecule has 0 unspecified atom stereocenters. The number of nitrogens with zero attached hydrogens (tertiary/aromatic N) is 1. The highest BCUT2D eigenvalue weighted by Crippen LogP contribution is 2.36. The lowest BCUT2D eigenvalue weighted by molar-refractivity contribution is -0.115. The van der Waals surface area contributed by atoms with Gasteiger partial charge in [0.05, 0.1) is 18.0 Å². The summed E-state index contributed by atoms with van der Waals surface area (Å²) >= 11 is 0. The summed E-state index contributed by atoms with van der Waals surface area (Å²) in [5.74, 6) is -0.0480. The van der Waals surface area contributed by atoms with Gasteiger partial charge in [0.25, 0.3) is 0 Å². The molecule has 0 atom stereocenters. The minimum atomic E-state index is -0.0480. The molecule has 0 aromatic heterocycles. The van der Waals surface area contributed by atoms with E-state index in [-0.39, 0.29) is 19.1 Å². The number of rotatable bonds is 2. The van der Waals surface area contributed by atoms with E-state index in [4.69, 9.17) is 0 Å². The lowest BCUT2D eigenvalue weighted by Crippen LogP contribution is -2.35. The summed E-state index contributed by atoms with van der Waals surface area (Å²) in [5, 5.41) is 12.4. The largest absolute Gasteiger partial charge is 0.392 e. The van der Waals surface area contributed by atoms with Gasteiger partial charge >= 0.3 is 0 Å². The summed E-state index contributed by atoms with van der Waals surface area (Å²) in [6, 6.07) is 13.6. The van der Waals surface area contributed by atoms with E-state index >= 15 is 0 Å². The number of anilines is 3. The van der Waals surface area contributed by atoms with E-state index < -0.39 is 0 Å². The van der Waals surface area contributed by atoms with Crippen molar-refractivity contribution in [1.29, 1.82) is 0 Å². The maximum Gasteiger partial charge on any atom is 0.244 e. The molecular weight excluding hydrogens is 252 g/mol. The first-order valence-corrected chi connectivity index (χ1v) is 6.56. The molecule has 0 saturated carbocycles. The Hall–Kier alpha value is -2.33. The predicted octanol–water partition coefficient (Wildman–Crippen LogP) is 2.58. The summed E-state index contributed by atoms with van der Waals surface area (Å²) in [5.41, 5.74) is 4.54. The van der Waals surface area contributed by atoms with E-state index in [0.29, 0.717) is 0 Å². The van der Waals surface area contributed by atoms with Crippen LogP contribution in [-0.4, -0.2) is 17.6 Å². The number of amides is 1. The molecule has 0 radical (unpaired) electrons. The summed E-state index contributed by atoms with van der Waals surface area (Å²) in [4.78, 5) is 13.8. The Morgan fingerprint density at radius 2 is 2.00 bits per heavy atom. The summed E-state index contributed by atoms with van der Waals surface area (Å²) in [6.45, 7) is 2.20. The fourth-order valence-electron chi connectivity index (χ4n) is 2.55. The van der Waals surface area contributed by atoms with Gasteiger partial charge in [-0.3, -0.25) is 4.79 Å². The molecule has 0 fully saturated rings. The van der Waals surface area contributed by atoms with E-state index in [1.807, 2.05) is 54.3 Å². The van der Waals surface area contributed by atoms with Crippen LogP contribution in [0.1, 0.15) is 11.1 Å². The fourth-order valence-corrected chi connectivity index (χ4v) is 2.55. The van der Waals surface area contributed by atoms with Crippen molar-refractivity contribution in [2.75, 3.05) is 16.8 Å². The Kier molecular flexibility index (Phi) is 3.16. The van der Waals surface area contributed by atoms with Gasteiger partial charge in [0, 0.05) is 11.3 Å². The quantitative estimate of drug-likeness (QED) is 0.880. The molecule has 2 aromatic carbocycles. The number of benzene rings is 2. The van der Waals surface area contributed by atoms with E-state index in [1.54, 1.807) is 0 Å². The molecular formula is C16H16N2O2. The molecule has 1 amide bonds. The van der Waals surface area contributed by atoms with Gasteiger partial charge in [-0.05, 0) is 25.1 Å². The van der Waals surface area contributed by atoms with Gasteiger partial charge < -0.3 is 15.3 Å². The molecule has 4 heteroatoms. The van der Waals surface area contributed by atoms with Gasteiger partial charge in [0.2, 0.25) is 5.91 Å². The minimum Gasteiger partial charge on any atom is -0.392 e. The van der Waals surface area contributed by atoms with Gasteiger partial charge in [0.1, 0.15) is 6.54 Å². The number of aliphatic hydroxyl groups excluding tert-OH is 1. The molecule has 4 nitrogen and oxygen atoms in total. The summed E-state index contributed by atoms with van der Waals surface area (Å²) in [6.07, 6.45) is 0. The Morgan fingerprint density at radius 3 is 2.80 bits per heavy atom. The van der Waals surface area contributed by atoms with Crippen molar-refractivity contribution < 1.29 is 9.90 Å². The molecule has 20 heavy (non-hydrogen) atoms. The van der Waals surface area contributed by atoms with Gasteiger partial charge in [-0.1, -0.05) is 29.8 Å². The number of para-hydroxylation sites is 2. The average Bonchev–Trinajstić information content (AvgIpc) is 2.46. The fraction of sp³-hybridized carbons (Fsp3) is 0.188. The summed E-state index contributed by atoms with van der Waals surface area (Å²) < 4.78 is 0. The third-order valence-corrected chi connectivity index (χ3v) is 3.47. The average molecular weight is 268 g/mol. The van der Waals surface area contributed by atoms with Crippen LogP contribution in [0.15, 0.2) is 42.5 Å². The van der Waals surface area contributed by atoms with Crippen molar-refractivity contribution in [2.24, 2.45) is 0 Å². The topological polar surface area (TPSA) is 52.6 Å². The number of fused-ring (bicyclic) bond motifs is 1. The van der Waals surface area contributed by atoms with Crippen LogP contribution in [0.2, 0.25) is 0 Å². The Labute approximate surface area is 117 Å². The zero-order chi connectivity index (χ0) is 14.1. The maximum absolute atomic E-state index is 11.9. The SMILES string of the molecule is Cc1ccc(N2CC(=O)Nc3ccccc32)c(CO)c1. The number of aryl methyl sites for hydroxylation is 1. The van der Waals surface area contributed by atoms with Crippen LogP contribution in [0, 0.1) is 6.92 Å². The zero-order valence-corrected chi connectivity index (χ0v) is 11.3. The number of aliphatic hydroxyl groups is 1. The van der Waals surface area contributed by atoms with Gasteiger partial charge in [-0.25, -0.2) is 0 Å². The molecule has 1 aliphatic rings. The van der Waals surface area contributed by atoms with Crippen molar-refractivity contribution in [1.82, 2.24) is 0 Å². The summed E-state index contributed by atoms with van der Waals surface area (Å²) in [7, 11) is 0. The molecule has 102 valence electrons. The molecule has 2 N–H and O–H groups in total. The van der Waals surface area contributed by atoms with Crippen molar-refractivity contribution in [3.8, 4) is 0 Å². The van der Waals surface area contributed by atoms with E-state index in [0.717, 1.165) is 28.2 Å². The molecule has 0 aliphatic carbocycles. The second-order valence-corrected chi connectivity index (χ2v) is 4.94. The molecule has 0 saturated heterocycles. The standard InChI is InChI=1S/C16H16N2O2/c1-11-6-7-14(12(8-11)10-19)18-9-16(20)17-13-4-2-3-5-15(13)18/h2-8,19H,9-10H2,1H3,(H,17,20). The third-order valence-electron chi connectivity index (χ3n) is 3.47. The van der Waals surface area contributed by atoms with Crippen LogP contribution >= 0.6 is 0 Å². The Bertz CT molecular complexity index is 667. The van der Waals surface area contributed by atoms with Crippen LogP contribution in [-0.2, 0) is 11.4 Å². The molecule has 0 spiro atoms. The maximum atomic E-state index is 11.9. The molecule has 1 aliphatic heterocycles. The highest BCUT2D eigenvalue weighted by atomic mass is 16.3. The van der Waals surface area contributed by atoms with Crippen LogP contribution in [0.3, 0.4) is 0 Å². The second-order valence-electron chi connectivity index (χ2n) is 4.94. The predicted molar refractivity (Wildman–Crippen MR) is 79.2 cm³/mol. The second kappa shape index (κ2) is 4.98. The highest BCUT2D eigenvalue weighted by Gasteiger charge is 2.24. The number of carbonyl (C=O) groups is 1. The number of nitrogens with one attached hydrogen (secondary N) is 1. The number of hydrogen-bond acceptors (Lipinski definition) is 3. The van der Waals surface area contributed by atoms with E-state index in [2.05, 4.69) is 5.32 Å². The van der Waals surface area contributed by atoms with Gasteiger partial charge in [-0.15, -0.1) is 0 Å². The number of hydrogen-bond donors (Lipinski definition) is 2. The van der Waals surface area contributed by atoms with Crippen molar-refractivity contribution >= 4 is 23.0 Å². The minimum absolute atomic E-state index is 0.0443. The van der Waals surface area contributed by atoms with Crippen molar-refractivity contribution in [3.05, 3.63) is 53.6 Å². The molecule has 2 aromatic rings. The van der Waals surface area contributed by atoms with E-state index in [9.17, 15) is 9.90 Å². The lowest BCUT2D eigenvalue weighted by atomic mass is 10.1. The normalized spacial score (nSPS) is 13.9. The zero-order valence-electron chi connectivity index (χ0n) is 11.3. The first-order chi connectivity index (χ1) is 9.69. The van der Waals surface area contributed by atoms with Crippen LogP contribution in [0.25, 0.3) is 0 Å². The first kappa shape index (κ1) is 12.7. The van der Waals surface area contributed by atoms with Crippen LogP contribution in [0.4, 0.5) is 17.1 Å². The van der Waals surface area contributed by atoms with Crippen LogP contribution < -0.4 is 10.2 Å². The highest BCUT2D eigenvalue weighted by molar-refractivity contribution is 6.03. The molecule has 1 heterocycles. The van der Waals surface area contributed by atoms with Crippen LogP contribution in [0.5, 0.6) is 0 Å². The first-order valence-electron chi connectivity index (χ1n) is 6.56. The third kappa shape index (κ3) is 2.14. The molecule has 0 bridgehead atoms. The Morgan fingerprint density at radius 1 is 1.20 bits per heavy atom. The lowest BCUT2D eigenvalue weighted by Gasteiger charge is -2.32. The smallest absolute Gasteiger partial charge is 0.244 e. The van der Waals surface area contributed by atoms with Gasteiger partial charge in [-0.2, -0.15) is 0 Å². The monoisotopic (exact) mass is 268 g/mol. The van der Waals surface area contributed by atoms with Gasteiger partial charge in [0.15, 0.2) is 0 Å². The van der Waals surface area contributed by atoms with E-state index in [1.165, 1.54) is 0 Å². The number of carbonyl (C=O) groups excluding carboxylic acids is 1. The van der Waals surface area contributed by atoms with Crippen molar-refractivity contribution in [3.63, 3.8) is 0 Å². The Balaban J connectivity index is 2.13.